The van der Waals surface area contributed by atoms with Gasteiger partial charge in [0.05, 0.1) is 7.14 Å². The fourth-order valence-corrected chi connectivity index (χ4v) is 4.74. The number of nitrogens with zero attached hydrogens (tertiary/aromatic N) is 1. The Morgan fingerprint density at radius 1 is 1.24 bits per heavy atom. The lowest BCUT2D eigenvalue weighted by atomic mass is 9.79. The van der Waals surface area contributed by atoms with Crippen LogP contribution in [0.15, 0.2) is 12.1 Å². The third-order valence-electron chi connectivity index (χ3n) is 4.02. The number of benzene rings is 1. The van der Waals surface area contributed by atoms with E-state index < -0.39 is 0 Å². The Hall–Kier alpha value is 0.360. The third kappa shape index (κ3) is 4.01. The molecule has 0 bridgehead atoms. The molecule has 3 N–H and O–H groups in total. The topological polar surface area (TPSA) is 55.7 Å². The van der Waals surface area contributed by atoms with Gasteiger partial charge in [0, 0.05) is 44.2 Å². The van der Waals surface area contributed by atoms with Gasteiger partial charge >= 0.3 is 0 Å². The molecule has 1 saturated heterocycles. The van der Waals surface area contributed by atoms with Crippen molar-refractivity contribution in [3.63, 3.8) is 0 Å². The second-order valence-electron chi connectivity index (χ2n) is 6.17. The van der Waals surface area contributed by atoms with Crippen molar-refractivity contribution >= 4 is 45.2 Å². The molecular formula is C15H22I2N2O2. The van der Waals surface area contributed by atoms with E-state index in [9.17, 15) is 10.2 Å². The summed E-state index contributed by atoms with van der Waals surface area (Å²) in [7, 11) is 0. The minimum absolute atomic E-state index is 0.135. The Morgan fingerprint density at radius 2 is 1.76 bits per heavy atom. The fourth-order valence-electron chi connectivity index (χ4n) is 2.93. The number of nitrogens with one attached hydrogen (secondary N) is 1. The highest BCUT2D eigenvalue weighted by molar-refractivity contribution is 14.1. The van der Waals surface area contributed by atoms with E-state index in [1.807, 2.05) is 12.1 Å². The molecular weight excluding hydrogens is 494 g/mol. The van der Waals surface area contributed by atoms with Crippen molar-refractivity contribution in [2.24, 2.45) is 5.41 Å². The summed E-state index contributed by atoms with van der Waals surface area (Å²) >= 11 is 4.34. The van der Waals surface area contributed by atoms with Crippen molar-refractivity contribution in [1.82, 2.24) is 10.2 Å². The highest BCUT2D eigenvalue weighted by atomic mass is 127. The molecule has 1 aliphatic heterocycles. The number of halogens is 2. The van der Waals surface area contributed by atoms with Crippen molar-refractivity contribution < 1.29 is 10.2 Å². The zero-order valence-electron chi connectivity index (χ0n) is 12.4. The molecule has 0 unspecified atom stereocenters. The Bertz CT molecular complexity index is 479. The quantitative estimate of drug-likeness (QED) is 0.539. The van der Waals surface area contributed by atoms with Crippen LogP contribution in [-0.4, -0.2) is 47.9 Å². The lowest BCUT2D eigenvalue weighted by Crippen LogP contribution is -2.49. The summed E-state index contributed by atoms with van der Waals surface area (Å²) in [6.07, 6.45) is 0. The minimum Gasteiger partial charge on any atom is -0.506 e. The van der Waals surface area contributed by atoms with Crippen LogP contribution in [0, 0.1) is 12.6 Å². The van der Waals surface area contributed by atoms with Crippen molar-refractivity contribution in [1.29, 1.82) is 0 Å². The Labute approximate surface area is 153 Å². The first-order chi connectivity index (χ1) is 9.86. The summed E-state index contributed by atoms with van der Waals surface area (Å²) in [6.45, 7) is 8.24. The fraction of sp³-hybridized carbons (Fsp3) is 0.600. The zero-order chi connectivity index (χ0) is 15.6. The lowest BCUT2D eigenvalue weighted by Gasteiger charge is -2.43. The zero-order valence-corrected chi connectivity index (χ0v) is 16.7. The molecule has 1 aliphatic rings. The molecule has 1 fully saturated rings. The molecule has 21 heavy (non-hydrogen) atoms. The van der Waals surface area contributed by atoms with E-state index in [4.69, 9.17) is 0 Å². The molecule has 0 saturated carbocycles. The predicted molar refractivity (Wildman–Crippen MR) is 102 cm³/mol. The van der Waals surface area contributed by atoms with Crippen molar-refractivity contribution in [2.45, 2.75) is 19.9 Å². The Kier molecular flexibility index (Phi) is 6.15. The van der Waals surface area contributed by atoms with E-state index in [1.165, 1.54) is 5.56 Å². The first-order valence-corrected chi connectivity index (χ1v) is 9.26. The molecule has 2 rings (SSSR count). The molecule has 1 aromatic rings. The summed E-state index contributed by atoms with van der Waals surface area (Å²) in [5.41, 5.74) is 0.933. The average molecular weight is 516 g/mol. The highest BCUT2D eigenvalue weighted by Crippen LogP contribution is 2.41. The van der Waals surface area contributed by atoms with Crippen molar-refractivity contribution in [3.8, 4) is 5.75 Å². The number of hydrogen-bond acceptors (Lipinski definition) is 4. The standard InChI is InChI=1S/C15H22I2N2O2/c1-15(2,9-20)14(19-5-3-18-4-6-19)10-7-11(16)13(21)12(17)8-10/h7-8,14,18,20-21H,3-6,9H2,1-2H3/t14-/m0/s1. The maximum absolute atomic E-state index is 9.99. The SMILES string of the molecule is CC(C)(CO)[C@H](c1cc(I)c(O)c(I)c1)N1CCNCC1. The minimum atomic E-state index is -0.236. The van der Waals surface area contributed by atoms with Gasteiger partial charge in [-0.1, -0.05) is 13.8 Å². The monoisotopic (exact) mass is 516 g/mol. The summed E-state index contributed by atoms with van der Waals surface area (Å²) < 4.78 is 1.73. The molecule has 6 heteroatoms. The lowest BCUT2D eigenvalue weighted by molar-refractivity contribution is 0.0304. The summed E-state index contributed by atoms with van der Waals surface area (Å²) in [4.78, 5) is 2.44. The molecule has 0 amide bonds. The molecule has 1 heterocycles. The highest BCUT2D eigenvalue weighted by Gasteiger charge is 2.36. The second kappa shape index (κ2) is 7.29. The summed E-state index contributed by atoms with van der Waals surface area (Å²) in [6, 6.07) is 4.23. The van der Waals surface area contributed by atoms with Gasteiger partial charge in [0.25, 0.3) is 0 Å². The number of hydrogen-bond donors (Lipinski definition) is 3. The van der Waals surface area contributed by atoms with E-state index in [0.717, 1.165) is 33.3 Å². The van der Waals surface area contributed by atoms with Gasteiger partial charge in [-0.05, 0) is 62.9 Å². The van der Waals surface area contributed by atoms with Gasteiger partial charge in [0.2, 0.25) is 0 Å². The normalized spacial score (nSPS) is 18.7. The van der Waals surface area contributed by atoms with Crippen LogP contribution in [-0.2, 0) is 0 Å². The van der Waals surface area contributed by atoms with Gasteiger partial charge in [0.1, 0.15) is 5.75 Å². The van der Waals surface area contributed by atoms with Crippen LogP contribution in [0.25, 0.3) is 0 Å². The number of aliphatic hydroxyl groups is 1. The van der Waals surface area contributed by atoms with Gasteiger partial charge in [0.15, 0.2) is 0 Å². The molecule has 4 nitrogen and oxygen atoms in total. The van der Waals surface area contributed by atoms with Gasteiger partial charge in [-0.2, -0.15) is 0 Å². The number of phenolic OH excluding ortho intramolecular Hbond substituents is 1. The maximum atomic E-state index is 9.99. The smallest absolute Gasteiger partial charge is 0.142 e. The first kappa shape index (κ1) is 17.7. The first-order valence-electron chi connectivity index (χ1n) is 7.10. The number of phenols is 1. The number of aromatic hydroxyl groups is 1. The van der Waals surface area contributed by atoms with E-state index in [-0.39, 0.29) is 18.1 Å². The van der Waals surface area contributed by atoms with Gasteiger partial charge < -0.3 is 15.5 Å². The van der Waals surface area contributed by atoms with Crippen LogP contribution in [0.4, 0.5) is 0 Å². The van der Waals surface area contributed by atoms with Crippen LogP contribution in [0.3, 0.4) is 0 Å². The number of piperazine rings is 1. The third-order valence-corrected chi connectivity index (χ3v) is 5.66. The summed E-state index contributed by atoms with van der Waals surface area (Å²) in [5, 5.41) is 23.2. The molecule has 118 valence electrons. The van der Waals surface area contributed by atoms with Gasteiger partial charge in [-0.15, -0.1) is 0 Å². The number of rotatable bonds is 4. The number of aliphatic hydroxyl groups excluding tert-OH is 1. The van der Waals surface area contributed by atoms with Crippen LogP contribution < -0.4 is 5.32 Å². The summed E-state index contributed by atoms with van der Waals surface area (Å²) in [5.74, 6) is 0.348. The van der Waals surface area contributed by atoms with Crippen LogP contribution in [0.2, 0.25) is 0 Å². The molecule has 1 aromatic carbocycles. The molecule has 0 aliphatic carbocycles. The molecule has 0 radical (unpaired) electrons. The second-order valence-corrected chi connectivity index (χ2v) is 8.49. The van der Waals surface area contributed by atoms with E-state index in [1.54, 1.807) is 0 Å². The van der Waals surface area contributed by atoms with Crippen molar-refractivity contribution in [2.75, 3.05) is 32.8 Å². The molecule has 1 atom stereocenters. The Morgan fingerprint density at radius 3 is 2.24 bits per heavy atom. The average Bonchev–Trinajstić information content (AvgIpc) is 2.46. The van der Waals surface area contributed by atoms with Crippen molar-refractivity contribution in [3.05, 3.63) is 24.8 Å². The largest absolute Gasteiger partial charge is 0.506 e. The Balaban J connectivity index is 2.44. The van der Waals surface area contributed by atoms with E-state index in [2.05, 4.69) is 69.2 Å². The van der Waals surface area contributed by atoms with Gasteiger partial charge in [-0.3, -0.25) is 4.90 Å². The van der Waals surface area contributed by atoms with Crippen LogP contribution >= 0.6 is 45.2 Å². The van der Waals surface area contributed by atoms with Gasteiger partial charge in [-0.25, -0.2) is 0 Å². The molecule has 0 spiro atoms. The van der Waals surface area contributed by atoms with Crippen LogP contribution in [0.1, 0.15) is 25.5 Å². The maximum Gasteiger partial charge on any atom is 0.142 e. The van der Waals surface area contributed by atoms with E-state index in [0.29, 0.717) is 5.75 Å². The van der Waals surface area contributed by atoms with Crippen LogP contribution in [0.5, 0.6) is 5.75 Å². The predicted octanol–water partition coefficient (Wildman–Crippen LogP) is 2.57. The van der Waals surface area contributed by atoms with E-state index >= 15 is 0 Å². The molecule has 0 aromatic heterocycles.